The fraction of sp³-hybridized carbons (Fsp3) is 0.105. The smallest absolute Gasteiger partial charge is 0.0619 e. The lowest BCUT2D eigenvalue weighted by atomic mass is 9.61. The molecule has 0 nitrogen and oxygen atoms in total. The van der Waals surface area contributed by atoms with Crippen LogP contribution in [0.25, 0.3) is 44.2 Å². The molecule has 0 amide bonds. The van der Waals surface area contributed by atoms with E-state index in [1.54, 1.807) is 0 Å². The van der Waals surface area contributed by atoms with Crippen molar-refractivity contribution in [1.29, 1.82) is 0 Å². The topological polar surface area (TPSA) is 0 Å². The molecule has 3 aliphatic carbocycles. The van der Waals surface area contributed by atoms with E-state index in [4.69, 9.17) is 0 Å². The second kappa shape index (κ2) is 7.17. The van der Waals surface area contributed by atoms with Crippen molar-refractivity contribution in [3.05, 3.63) is 153 Å². The van der Waals surface area contributed by atoms with Crippen LogP contribution in [0.2, 0.25) is 0 Å². The maximum absolute atomic E-state index is 3.91. The number of halogens is 1. The monoisotopic (exact) mass is 560 g/mol. The second-order valence-corrected chi connectivity index (χ2v) is 12.6. The van der Waals surface area contributed by atoms with Crippen molar-refractivity contribution in [2.75, 3.05) is 0 Å². The Kier molecular flexibility index (Phi) is 4.03. The van der Waals surface area contributed by atoms with Gasteiger partial charge in [0.1, 0.15) is 0 Å². The number of rotatable bonds is 0. The number of hydrogen-bond acceptors (Lipinski definition) is 0. The van der Waals surface area contributed by atoms with E-state index in [0.29, 0.717) is 0 Å². The molecule has 6 aromatic rings. The van der Waals surface area contributed by atoms with E-state index in [-0.39, 0.29) is 10.8 Å². The van der Waals surface area contributed by atoms with Crippen LogP contribution in [-0.2, 0) is 10.8 Å². The minimum absolute atomic E-state index is 0.0505. The first-order valence-corrected chi connectivity index (χ1v) is 14.5. The molecular weight excluding hydrogens is 536 g/mol. The van der Waals surface area contributed by atoms with Gasteiger partial charge in [-0.25, -0.2) is 0 Å². The van der Waals surface area contributed by atoms with Crippen molar-refractivity contribution >= 4 is 26.7 Å². The minimum atomic E-state index is -0.382. The third kappa shape index (κ3) is 2.43. The third-order valence-corrected chi connectivity index (χ3v) is 10.5. The molecule has 0 unspecified atom stereocenters. The second-order valence-electron chi connectivity index (χ2n) is 11.8. The maximum Gasteiger partial charge on any atom is 0.0725 e. The van der Waals surface area contributed by atoms with Crippen LogP contribution in [-0.4, -0.2) is 0 Å². The zero-order valence-corrected chi connectivity index (χ0v) is 23.4. The van der Waals surface area contributed by atoms with Crippen LogP contribution >= 0.6 is 15.9 Å². The van der Waals surface area contributed by atoms with E-state index in [9.17, 15) is 0 Å². The van der Waals surface area contributed by atoms with Gasteiger partial charge in [-0.1, -0.05) is 127 Å². The summed E-state index contributed by atoms with van der Waals surface area (Å²) in [6, 6.07) is 43.7. The molecule has 184 valence electrons. The van der Waals surface area contributed by atoms with Gasteiger partial charge in [0.15, 0.2) is 0 Å². The minimum Gasteiger partial charge on any atom is -0.0619 e. The Balaban J connectivity index is 1.54. The maximum atomic E-state index is 3.91. The molecule has 0 bridgehead atoms. The summed E-state index contributed by atoms with van der Waals surface area (Å²) in [4.78, 5) is 0. The van der Waals surface area contributed by atoms with Gasteiger partial charge in [0.05, 0.1) is 5.41 Å². The summed E-state index contributed by atoms with van der Waals surface area (Å²) in [6.07, 6.45) is 0. The molecule has 0 radical (unpaired) electrons. The summed E-state index contributed by atoms with van der Waals surface area (Å²) in [5, 5.41) is 2.64. The molecule has 39 heavy (non-hydrogen) atoms. The van der Waals surface area contributed by atoms with Crippen molar-refractivity contribution in [3.8, 4) is 33.4 Å². The molecule has 6 aromatic carbocycles. The quantitative estimate of drug-likeness (QED) is 0.173. The van der Waals surface area contributed by atoms with Gasteiger partial charge < -0.3 is 0 Å². The fourth-order valence-electron chi connectivity index (χ4n) is 8.15. The fourth-order valence-corrected chi connectivity index (χ4v) is 8.61. The zero-order chi connectivity index (χ0) is 26.1. The highest BCUT2D eigenvalue weighted by molar-refractivity contribution is 9.10. The largest absolute Gasteiger partial charge is 0.0725 e. The van der Waals surface area contributed by atoms with Crippen molar-refractivity contribution < 1.29 is 0 Å². The summed E-state index contributed by atoms with van der Waals surface area (Å²) in [6.45, 7) is 4.77. The molecule has 0 atom stereocenters. The van der Waals surface area contributed by atoms with Crippen LogP contribution in [0.15, 0.2) is 120 Å². The molecule has 3 aliphatic rings. The van der Waals surface area contributed by atoms with E-state index in [1.807, 2.05) is 0 Å². The van der Waals surface area contributed by atoms with Gasteiger partial charge >= 0.3 is 0 Å². The average Bonchev–Trinajstić information content (AvgIpc) is 3.39. The SMILES string of the molecule is CC1(C)c2ccccc2-c2cc3c(cc21)-c1ccc(Br)c2cccc(c12)C31c2ccccc2-c2ccccc21. The van der Waals surface area contributed by atoms with E-state index in [1.165, 1.54) is 77.5 Å². The third-order valence-electron chi connectivity index (χ3n) is 9.76. The molecular formula is C38H25Br. The lowest BCUT2D eigenvalue weighted by molar-refractivity contribution is 0.659. The van der Waals surface area contributed by atoms with Crippen molar-refractivity contribution in [2.24, 2.45) is 0 Å². The van der Waals surface area contributed by atoms with E-state index < -0.39 is 0 Å². The first-order chi connectivity index (χ1) is 19.0. The van der Waals surface area contributed by atoms with Gasteiger partial charge in [0.25, 0.3) is 0 Å². The molecule has 0 aromatic heterocycles. The molecule has 1 spiro atoms. The Morgan fingerprint density at radius 2 is 0.974 bits per heavy atom. The van der Waals surface area contributed by atoms with Gasteiger partial charge in [-0.2, -0.15) is 0 Å². The van der Waals surface area contributed by atoms with E-state index >= 15 is 0 Å². The number of benzene rings is 6. The Labute approximate surface area is 237 Å². The number of hydrogen-bond donors (Lipinski definition) is 0. The average molecular weight is 562 g/mol. The van der Waals surface area contributed by atoms with E-state index in [0.717, 1.165) is 4.47 Å². The van der Waals surface area contributed by atoms with Gasteiger partial charge in [-0.3, -0.25) is 0 Å². The van der Waals surface area contributed by atoms with Crippen LogP contribution in [0, 0.1) is 0 Å². The highest BCUT2D eigenvalue weighted by Gasteiger charge is 2.51. The van der Waals surface area contributed by atoms with E-state index in [2.05, 4.69) is 145 Å². The van der Waals surface area contributed by atoms with Crippen LogP contribution in [0.3, 0.4) is 0 Å². The summed E-state index contributed by atoms with van der Waals surface area (Å²) in [5.41, 5.74) is 16.1. The standard InChI is InChI=1S/C38H25Br/c1-37(2)29-14-6-3-12-24(29)27-21-34-28(20-33(27)37)25-18-19-35(39)26-13-9-17-32(36(25)26)38(34)30-15-7-4-10-22(30)23-11-5-8-16-31(23)38/h3-21H,1-2H3. The Bertz CT molecular complexity index is 2010. The predicted octanol–water partition coefficient (Wildman–Crippen LogP) is 10.3. The van der Waals surface area contributed by atoms with Gasteiger partial charge in [-0.15, -0.1) is 0 Å². The first kappa shape index (κ1) is 21.9. The Morgan fingerprint density at radius 1 is 0.436 bits per heavy atom. The van der Waals surface area contributed by atoms with Crippen LogP contribution in [0.4, 0.5) is 0 Å². The summed E-state index contributed by atoms with van der Waals surface area (Å²) < 4.78 is 1.15. The van der Waals surface area contributed by atoms with Crippen molar-refractivity contribution in [1.82, 2.24) is 0 Å². The molecule has 0 saturated heterocycles. The molecule has 1 heteroatoms. The highest BCUT2D eigenvalue weighted by atomic mass is 79.9. The molecule has 0 saturated carbocycles. The number of fused-ring (bicyclic) bond motifs is 12. The Hall–Kier alpha value is -3.94. The lowest BCUT2D eigenvalue weighted by Crippen LogP contribution is -2.32. The molecule has 0 heterocycles. The summed E-state index contributed by atoms with van der Waals surface area (Å²) in [5.74, 6) is 0. The summed E-state index contributed by atoms with van der Waals surface area (Å²) in [7, 11) is 0. The van der Waals surface area contributed by atoms with Crippen LogP contribution in [0.1, 0.15) is 47.2 Å². The van der Waals surface area contributed by atoms with Gasteiger partial charge in [0, 0.05) is 9.89 Å². The molecule has 0 fully saturated rings. The lowest BCUT2D eigenvalue weighted by Gasteiger charge is -2.41. The van der Waals surface area contributed by atoms with Crippen molar-refractivity contribution in [3.63, 3.8) is 0 Å². The van der Waals surface area contributed by atoms with Crippen molar-refractivity contribution in [2.45, 2.75) is 24.7 Å². The summed E-state index contributed by atoms with van der Waals surface area (Å²) >= 11 is 3.91. The first-order valence-electron chi connectivity index (χ1n) is 13.7. The predicted molar refractivity (Wildman–Crippen MR) is 166 cm³/mol. The highest BCUT2D eigenvalue weighted by Crippen LogP contribution is 2.63. The Morgan fingerprint density at radius 3 is 1.67 bits per heavy atom. The van der Waals surface area contributed by atoms with Crippen LogP contribution in [0.5, 0.6) is 0 Å². The molecule has 0 aliphatic heterocycles. The van der Waals surface area contributed by atoms with Gasteiger partial charge in [-0.05, 0) is 95.7 Å². The molecule has 9 rings (SSSR count). The van der Waals surface area contributed by atoms with Gasteiger partial charge in [0.2, 0.25) is 0 Å². The zero-order valence-electron chi connectivity index (χ0n) is 21.8. The van der Waals surface area contributed by atoms with Crippen LogP contribution < -0.4 is 0 Å². The molecule has 0 N–H and O–H groups in total. The normalized spacial score (nSPS) is 16.0.